The van der Waals surface area contributed by atoms with Gasteiger partial charge in [0.05, 0.1) is 6.10 Å². The molecular formula is C16H32N2O. The molecule has 2 fully saturated rings. The first-order valence-corrected chi connectivity index (χ1v) is 8.38. The molecule has 1 saturated heterocycles. The van der Waals surface area contributed by atoms with Crippen LogP contribution in [0.15, 0.2) is 0 Å². The molecule has 1 aliphatic heterocycles. The van der Waals surface area contributed by atoms with Gasteiger partial charge in [0.25, 0.3) is 0 Å². The first-order chi connectivity index (χ1) is 9.29. The first kappa shape index (κ1) is 15.3. The third kappa shape index (κ3) is 5.05. The second-order valence-corrected chi connectivity index (χ2v) is 6.37. The van der Waals surface area contributed by atoms with Crippen LogP contribution in [0.3, 0.4) is 0 Å². The maximum atomic E-state index is 5.93. The molecule has 0 aromatic heterocycles. The van der Waals surface area contributed by atoms with Crippen molar-refractivity contribution in [3.63, 3.8) is 0 Å². The van der Waals surface area contributed by atoms with E-state index < -0.39 is 0 Å². The van der Waals surface area contributed by atoms with Crippen LogP contribution in [-0.2, 0) is 4.74 Å². The van der Waals surface area contributed by atoms with Gasteiger partial charge in [-0.05, 0) is 45.6 Å². The van der Waals surface area contributed by atoms with E-state index >= 15 is 0 Å². The van der Waals surface area contributed by atoms with E-state index in [4.69, 9.17) is 4.74 Å². The number of hydrogen-bond donors (Lipinski definition) is 1. The van der Waals surface area contributed by atoms with Gasteiger partial charge in [-0.15, -0.1) is 0 Å². The van der Waals surface area contributed by atoms with Crippen LogP contribution >= 0.6 is 0 Å². The van der Waals surface area contributed by atoms with Gasteiger partial charge >= 0.3 is 0 Å². The van der Waals surface area contributed by atoms with Gasteiger partial charge in [-0.1, -0.05) is 19.8 Å². The van der Waals surface area contributed by atoms with Gasteiger partial charge < -0.3 is 10.1 Å². The van der Waals surface area contributed by atoms with Gasteiger partial charge in [-0.3, -0.25) is 4.90 Å². The quantitative estimate of drug-likeness (QED) is 0.768. The lowest BCUT2D eigenvalue weighted by Gasteiger charge is -2.37. The highest BCUT2D eigenvalue weighted by Crippen LogP contribution is 2.19. The van der Waals surface area contributed by atoms with Gasteiger partial charge in [-0.2, -0.15) is 0 Å². The number of rotatable bonds is 7. The molecule has 2 unspecified atom stereocenters. The van der Waals surface area contributed by atoms with E-state index in [9.17, 15) is 0 Å². The Labute approximate surface area is 119 Å². The monoisotopic (exact) mass is 268 g/mol. The molecule has 1 aliphatic carbocycles. The second kappa shape index (κ2) is 8.23. The third-order valence-corrected chi connectivity index (χ3v) is 4.65. The first-order valence-electron chi connectivity index (χ1n) is 8.38. The maximum absolute atomic E-state index is 5.93. The summed E-state index contributed by atoms with van der Waals surface area (Å²) < 4.78 is 5.93. The van der Waals surface area contributed by atoms with Crippen molar-refractivity contribution in [2.75, 3.05) is 26.2 Å². The summed E-state index contributed by atoms with van der Waals surface area (Å²) in [6.45, 7) is 9.00. The zero-order valence-electron chi connectivity index (χ0n) is 12.9. The predicted molar refractivity (Wildman–Crippen MR) is 80.6 cm³/mol. The Balaban J connectivity index is 1.67. The summed E-state index contributed by atoms with van der Waals surface area (Å²) in [4.78, 5) is 2.62. The number of hydrogen-bond acceptors (Lipinski definition) is 3. The van der Waals surface area contributed by atoms with Crippen LogP contribution in [0.5, 0.6) is 0 Å². The molecule has 3 nitrogen and oxygen atoms in total. The van der Waals surface area contributed by atoms with Gasteiger partial charge in [0, 0.05) is 31.8 Å². The molecule has 1 N–H and O–H groups in total. The lowest BCUT2D eigenvalue weighted by molar-refractivity contribution is -0.0104. The van der Waals surface area contributed by atoms with Gasteiger partial charge in [0.1, 0.15) is 0 Å². The fourth-order valence-electron chi connectivity index (χ4n) is 3.38. The topological polar surface area (TPSA) is 24.5 Å². The van der Waals surface area contributed by atoms with E-state index in [0.29, 0.717) is 12.1 Å². The normalized spacial score (nSPS) is 27.8. The van der Waals surface area contributed by atoms with E-state index in [1.165, 1.54) is 45.1 Å². The summed E-state index contributed by atoms with van der Waals surface area (Å²) in [5.74, 6) is 0. The minimum atomic E-state index is 0.475. The summed E-state index contributed by atoms with van der Waals surface area (Å²) in [6, 6.07) is 1.44. The summed E-state index contributed by atoms with van der Waals surface area (Å²) in [7, 11) is 0. The van der Waals surface area contributed by atoms with Crippen molar-refractivity contribution in [3.05, 3.63) is 0 Å². The Morgan fingerprint density at radius 1 is 1.21 bits per heavy atom. The average Bonchev–Trinajstić information content (AvgIpc) is 2.96. The Kier molecular flexibility index (Phi) is 6.62. The largest absolute Gasteiger partial charge is 0.377 e. The molecule has 0 aromatic carbocycles. The molecule has 1 heterocycles. The summed E-state index contributed by atoms with van der Waals surface area (Å²) in [5, 5.41) is 3.75. The van der Waals surface area contributed by atoms with Crippen LogP contribution in [0.25, 0.3) is 0 Å². The van der Waals surface area contributed by atoms with Gasteiger partial charge in [0.2, 0.25) is 0 Å². The maximum Gasteiger partial charge on any atom is 0.0702 e. The summed E-state index contributed by atoms with van der Waals surface area (Å²) >= 11 is 0. The number of ether oxygens (including phenoxy) is 1. The van der Waals surface area contributed by atoms with E-state index in [0.717, 1.165) is 32.2 Å². The second-order valence-electron chi connectivity index (χ2n) is 6.37. The SMILES string of the molecule is CCCOC1CCCN(C(C)CNC2CCCC2)C1. The number of likely N-dealkylation sites (tertiary alicyclic amines) is 1. The Hall–Kier alpha value is -0.120. The van der Waals surface area contributed by atoms with Gasteiger partial charge in [0.15, 0.2) is 0 Å². The molecule has 1 saturated carbocycles. The molecule has 0 radical (unpaired) electrons. The summed E-state index contributed by atoms with van der Waals surface area (Å²) in [6.07, 6.45) is 9.76. The lowest BCUT2D eigenvalue weighted by Crippen LogP contribution is -2.49. The molecule has 2 aliphatic rings. The number of nitrogens with one attached hydrogen (secondary N) is 1. The van der Waals surface area contributed by atoms with E-state index in [-0.39, 0.29) is 0 Å². The van der Waals surface area contributed by atoms with Crippen LogP contribution in [0, 0.1) is 0 Å². The lowest BCUT2D eigenvalue weighted by atomic mass is 10.1. The van der Waals surface area contributed by atoms with Crippen LogP contribution in [-0.4, -0.2) is 49.3 Å². The molecule has 3 heteroatoms. The minimum Gasteiger partial charge on any atom is -0.377 e. The van der Waals surface area contributed by atoms with Crippen molar-refractivity contribution in [3.8, 4) is 0 Å². The van der Waals surface area contributed by atoms with Crippen LogP contribution in [0.1, 0.15) is 58.8 Å². The van der Waals surface area contributed by atoms with E-state index in [1.54, 1.807) is 0 Å². The Morgan fingerprint density at radius 3 is 2.74 bits per heavy atom. The fraction of sp³-hybridized carbons (Fsp3) is 1.00. The summed E-state index contributed by atoms with van der Waals surface area (Å²) in [5.41, 5.74) is 0. The van der Waals surface area contributed by atoms with Crippen LogP contribution < -0.4 is 5.32 Å². The highest BCUT2D eigenvalue weighted by atomic mass is 16.5. The standard InChI is InChI=1S/C16H32N2O/c1-3-11-19-16-9-6-10-18(13-16)14(2)12-17-15-7-4-5-8-15/h14-17H,3-13H2,1-2H3. The molecule has 0 spiro atoms. The highest BCUT2D eigenvalue weighted by Gasteiger charge is 2.24. The van der Waals surface area contributed by atoms with Gasteiger partial charge in [-0.25, -0.2) is 0 Å². The minimum absolute atomic E-state index is 0.475. The Bertz CT molecular complexity index is 241. The molecule has 112 valence electrons. The molecule has 2 atom stereocenters. The molecular weight excluding hydrogens is 236 g/mol. The smallest absolute Gasteiger partial charge is 0.0702 e. The molecule has 0 aromatic rings. The van der Waals surface area contributed by atoms with Crippen molar-refractivity contribution >= 4 is 0 Å². The predicted octanol–water partition coefficient (Wildman–Crippen LogP) is 2.80. The molecule has 19 heavy (non-hydrogen) atoms. The highest BCUT2D eigenvalue weighted by molar-refractivity contribution is 4.81. The zero-order valence-corrected chi connectivity index (χ0v) is 12.9. The third-order valence-electron chi connectivity index (χ3n) is 4.65. The van der Waals surface area contributed by atoms with Crippen molar-refractivity contribution in [1.29, 1.82) is 0 Å². The fourth-order valence-corrected chi connectivity index (χ4v) is 3.38. The van der Waals surface area contributed by atoms with Crippen molar-refractivity contribution in [1.82, 2.24) is 10.2 Å². The van der Waals surface area contributed by atoms with E-state index in [2.05, 4.69) is 24.1 Å². The molecule has 2 rings (SSSR count). The van der Waals surface area contributed by atoms with Crippen molar-refractivity contribution in [2.24, 2.45) is 0 Å². The molecule has 0 amide bonds. The number of piperidine rings is 1. The van der Waals surface area contributed by atoms with E-state index in [1.807, 2.05) is 0 Å². The Morgan fingerprint density at radius 2 is 2.00 bits per heavy atom. The van der Waals surface area contributed by atoms with Crippen LogP contribution in [0.4, 0.5) is 0 Å². The van der Waals surface area contributed by atoms with Crippen molar-refractivity contribution < 1.29 is 4.74 Å². The van der Waals surface area contributed by atoms with Crippen LogP contribution in [0.2, 0.25) is 0 Å². The average molecular weight is 268 g/mol. The molecule has 0 bridgehead atoms. The van der Waals surface area contributed by atoms with Crippen molar-refractivity contribution in [2.45, 2.75) is 77.0 Å². The number of nitrogens with zero attached hydrogens (tertiary/aromatic N) is 1. The zero-order chi connectivity index (χ0) is 13.5.